The van der Waals surface area contributed by atoms with Gasteiger partial charge in [-0.1, -0.05) is 67.6 Å². The number of hydrogen-bond acceptors (Lipinski definition) is 3. The number of amides is 1. The van der Waals surface area contributed by atoms with Crippen molar-refractivity contribution in [3.05, 3.63) is 77.3 Å². The summed E-state index contributed by atoms with van der Waals surface area (Å²) in [5, 5.41) is 0.882. The van der Waals surface area contributed by atoms with Crippen molar-refractivity contribution in [2.24, 2.45) is 0 Å². The number of benzene rings is 2. The molecule has 0 radical (unpaired) electrons. The van der Waals surface area contributed by atoms with Crippen molar-refractivity contribution in [2.45, 2.75) is 32.9 Å². The Morgan fingerprint density at radius 3 is 2.36 bits per heavy atom. The molecule has 4 heteroatoms. The van der Waals surface area contributed by atoms with Gasteiger partial charge < -0.3 is 4.90 Å². The van der Waals surface area contributed by atoms with Gasteiger partial charge in [-0.25, -0.2) is 4.98 Å². The van der Waals surface area contributed by atoms with Crippen LogP contribution < -0.4 is 0 Å². The fraction of sp³-hybridized carbons (Fsp3) is 0.238. The smallest absolute Gasteiger partial charge is 0.266 e. The van der Waals surface area contributed by atoms with Crippen molar-refractivity contribution in [3.63, 3.8) is 0 Å². The maximum Gasteiger partial charge on any atom is 0.266 e. The lowest BCUT2D eigenvalue weighted by molar-refractivity contribution is 0.0676. The van der Waals surface area contributed by atoms with Crippen molar-refractivity contribution in [2.75, 3.05) is 0 Å². The largest absolute Gasteiger partial charge is 0.331 e. The summed E-state index contributed by atoms with van der Waals surface area (Å²) in [5.74, 6) is 0.0536. The summed E-state index contributed by atoms with van der Waals surface area (Å²) >= 11 is 1.46. The monoisotopic (exact) mass is 350 g/mol. The van der Waals surface area contributed by atoms with Crippen molar-refractivity contribution < 1.29 is 4.79 Å². The molecule has 2 aromatic carbocycles. The van der Waals surface area contributed by atoms with Gasteiger partial charge in [-0.05, 0) is 18.9 Å². The maximum absolute atomic E-state index is 13.1. The highest BCUT2D eigenvalue weighted by atomic mass is 32.1. The molecule has 0 aliphatic rings. The predicted octanol–water partition coefficient (Wildman–Crippen LogP) is 5.25. The Hall–Kier alpha value is -2.46. The van der Waals surface area contributed by atoms with Crippen LogP contribution >= 0.6 is 11.3 Å². The van der Waals surface area contributed by atoms with Crippen molar-refractivity contribution in [1.82, 2.24) is 9.88 Å². The third-order valence-electron chi connectivity index (χ3n) is 4.32. The van der Waals surface area contributed by atoms with Crippen LogP contribution in [0.3, 0.4) is 0 Å². The van der Waals surface area contributed by atoms with Crippen LogP contribution in [-0.4, -0.2) is 21.8 Å². The van der Waals surface area contributed by atoms with E-state index >= 15 is 0 Å². The van der Waals surface area contributed by atoms with E-state index in [0.717, 1.165) is 22.6 Å². The van der Waals surface area contributed by atoms with Crippen LogP contribution in [0.2, 0.25) is 0 Å². The maximum atomic E-state index is 13.1. The molecule has 1 amide bonds. The summed E-state index contributed by atoms with van der Waals surface area (Å²) in [6.45, 7) is 4.82. The Bertz CT molecular complexity index is 814. The van der Waals surface area contributed by atoms with Gasteiger partial charge >= 0.3 is 0 Å². The van der Waals surface area contributed by atoms with Gasteiger partial charge in [0.1, 0.15) is 9.88 Å². The molecule has 0 N–H and O–H groups in total. The first-order valence-corrected chi connectivity index (χ1v) is 9.37. The average Bonchev–Trinajstić information content (AvgIpc) is 3.17. The van der Waals surface area contributed by atoms with E-state index in [-0.39, 0.29) is 11.9 Å². The molecule has 1 unspecified atom stereocenters. The van der Waals surface area contributed by atoms with Gasteiger partial charge in [0.2, 0.25) is 0 Å². The number of aromatic nitrogens is 1. The molecule has 0 bridgehead atoms. The van der Waals surface area contributed by atoms with Crippen LogP contribution in [0.25, 0.3) is 10.6 Å². The summed E-state index contributed by atoms with van der Waals surface area (Å²) < 4.78 is 0. The second-order valence-corrected chi connectivity index (χ2v) is 7.10. The van der Waals surface area contributed by atoms with Gasteiger partial charge in [-0.2, -0.15) is 0 Å². The van der Waals surface area contributed by atoms with Crippen molar-refractivity contribution >= 4 is 17.2 Å². The molecule has 0 spiro atoms. The summed E-state index contributed by atoms with van der Waals surface area (Å²) in [4.78, 5) is 20.2. The van der Waals surface area contributed by atoms with E-state index in [1.165, 1.54) is 11.3 Å². The number of nitrogens with zero attached hydrogens (tertiary/aromatic N) is 2. The molecule has 3 aromatic rings. The third-order valence-corrected chi connectivity index (χ3v) is 5.35. The molecule has 1 aromatic heterocycles. The number of rotatable bonds is 6. The molecular weight excluding hydrogens is 328 g/mol. The van der Waals surface area contributed by atoms with E-state index < -0.39 is 0 Å². The first-order valence-electron chi connectivity index (χ1n) is 8.55. The quantitative estimate of drug-likeness (QED) is 0.608. The Kier molecular flexibility index (Phi) is 5.61. The Balaban J connectivity index is 1.84. The molecule has 3 nitrogen and oxygen atoms in total. The topological polar surface area (TPSA) is 33.2 Å². The van der Waals surface area contributed by atoms with Crippen LogP contribution in [0.1, 0.15) is 35.5 Å². The van der Waals surface area contributed by atoms with E-state index in [9.17, 15) is 4.79 Å². The Labute approximate surface area is 153 Å². The van der Waals surface area contributed by atoms with Crippen LogP contribution in [-0.2, 0) is 6.54 Å². The van der Waals surface area contributed by atoms with E-state index in [2.05, 4.69) is 31.0 Å². The molecule has 1 atom stereocenters. The molecule has 0 aliphatic carbocycles. The van der Waals surface area contributed by atoms with Gasteiger partial charge in [0.25, 0.3) is 5.91 Å². The predicted molar refractivity (Wildman–Crippen MR) is 104 cm³/mol. The van der Waals surface area contributed by atoms with E-state index in [4.69, 9.17) is 0 Å². The highest BCUT2D eigenvalue weighted by Crippen LogP contribution is 2.27. The standard InChI is InChI=1S/C21H22N2OS/c1-3-16(2)23(15-17-10-6-4-7-11-17)21(24)19-14-22-20(25-19)18-12-8-5-9-13-18/h4-14,16H,3,15H2,1-2H3. The van der Waals surface area contributed by atoms with Gasteiger partial charge in [-0.3, -0.25) is 4.79 Å². The van der Waals surface area contributed by atoms with E-state index in [1.54, 1.807) is 6.20 Å². The van der Waals surface area contributed by atoms with Crippen molar-refractivity contribution in [3.8, 4) is 10.6 Å². The zero-order valence-corrected chi connectivity index (χ0v) is 15.4. The summed E-state index contributed by atoms with van der Waals surface area (Å²) in [6, 6.07) is 20.3. The van der Waals surface area contributed by atoms with Gasteiger partial charge in [-0.15, -0.1) is 11.3 Å². The lowest BCUT2D eigenvalue weighted by Gasteiger charge is -2.28. The molecule has 3 rings (SSSR count). The van der Waals surface area contributed by atoms with Crippen LogP contribution in [0.4, 0.5) is 0 Å². The average molecular weight is 350 g/mol. The molecule has 0 saturated heterocycles. The summed E-state index contributed by atoms with van der Waals surface area (Å²) in [6.07, 6.45) is 2.62. The number of thiazole rings is 1. The third kappa shape index (κ3) is 4.15. The van der Waals surface area contributed by atoms with Crippen molar-refractivity contribution in [1.29, 1.82) is 0 Å². The lowest BCUT2D eigenvalue weighted by atomic mass is 10.1. The second-order valence-electron chi connectivity index (χ2n) is 6.07. The normalized spacial score (nSPS) is 11.9. The van der Waals surface area contributed by atoms with Crippen LogP contribution in [0.5, 0.6) is 0 Å². The molecule has 0 aliphatic heterocycles. The van der Waals surface area contributed by atoms with Gasteiger partial charge in [0, 0.05) is 18.2 Å². The molecule has 1 heterocycles. The fourth-order valence-electron chi connectivity index (χ4n) is 2.66. The summed E-state index contributed by atoms with van der Waals surface area (Å²) in [5.41, 5.74) is 2.19. The van der Waals surface area contributed by atoms with Crippen LogP contribution in [0.15, 0.2) is 66.9 Å². The van der Waals surface area contributed by atoms with Gasteiger partial charge in [0.15, 0.2) is 0 Å². The second kappa shape index (κ2) is 8.08. The van der Waals surface area contributed by atoms with E-state index in [0.29, 0.717) is 11.4 Å². The number of hydrogen-bond donors (Lipinski definition) is 0. The SMILES string of the molecule is CCC(C)N(Cc1ccccc1)C(=O)c1cnc(-c2ccccc2)s1. The minimum atomic E-state index is 0.0536. The highest BCUT2D eigenvalue weighted by molar-refractivity contribution is 7.16. The van der Waals surface area contributed by atoms with Gasteiger partial charge in [0.05, 0.1) is 6.20 Å². The zero-order chi connectivity index (χ0) is 17.6. The molecule has 0 saturated carbocycles. The molecule has 128 valence electrons. The Morgan fingerprint density at radius 2 is 1.72 bits per heavy atom. The van der Waals surface area contributed by atoms with Crippen LogP contribution in [0, 0.1) is 0 Å². The Morgan fingerprint density at radius 1 is 1.08 bits per heavy atom. The number of carbonyl (C=O) groups excluding carboxylic acids is 1. The molecule has 0 fully saturated rings. The summed E-state index contributed by atoms with van der Waals surface area (Å²) in [7, 11) is 0. The molecule has 25 heavy (non-hydrogen) atoms. The van der Waals surface area contributed by atoms with E-state index in [1.807, 2.05) is 53.4 Å². The highest BCUT2D eigenvalue weighted by Gasteiger charge is 2.23. The fourth-order valence-corrected chi connectivity index (χ4v) is 3.53. The first-order chi connectivity index (χ1) is 12.2. The minimum absolute atomic E-state index is 0.0536. The zero-order valence-electron chi connectivity index (χ0n) is 14.6. The lowest BCUT2D eigenvalue weighted by Crippen LogP contribution is -2.37. The first kappa shape index (κ1) is 17.4. The minimum Gasteiger partial charge on any atom is -0.331 e. The number of carbonyl (C=O) groups is 1. The molecular formula is C21H22N2OS.